The van der Waals surface area contributed by atoms with E-state index in [2.05, 4.69) is 58.4 Å². The lowest BCUT2D eigenvalue weighted by atomic mass is 9.87. The van der Waals surface area contributed by atoms with Crippen molar-refractivity contribution in [2.24, 2.45) is 11.8 Å². The van der Waals surface area contributed by atoms with Crippen LogP contribution in [0.4, 0.5) is 0 Å². The van der Waals surface area contributed by atoms with Crippen molar-refractivity contribution in [3.63, 3.8) is 0 Å². The molecule has 1 saturated carbocycles. The van der Waals surface area contributed by atoms with Gasteiger partial charge in [0.05, 0.1) is 0 Å². The molecule has 1 N–H and O–H groups in total. The summed E-state index contributed by atoms with van der Waals surface area (Å²) in [6.45, 7) is 10.6. The molecule has 0 bridgehead atoms. The number of hydrogen-bond donors (Lipinski definition) is 1. The monoisotopic (exact) mass is 370 g/mol. The third-order valence-electron chi connectivity index (χ3n) is 5.53. The molecule has 1 aliphatic carbocycles. The smallest absolute Gasteiger partial charge is 0.0343 e. The molecular formula is C17H27BrN2S. The van der Waals surface area contributed by atoms with Gasteiger partial charge in [-0.05, 0) is 59.0 Å². The summed E-state index contributed by atoms with van der Waals surface area (Å²) < 4.78 is 1.28. The van der Waals surface area contributed by atoms with Gasteiger partial charge in [-0.1, -0.05) is 20.3 Å². The second kappa shape index (κ2) is 6.31. The number of thiophene rings is 1. The van der Waals surface area contributed by atoms with Gasteiger partial charge < -0.3 is 5.32 Å². The molecule has 3 unspecified atom stereocenters. The van der Waals surface area contributed by atoms with Crippen LogP contribution in [0.15, 0.2) is 15.9 Å². The molecule has 1 aromatic heterocycles. The van der Waals surface area contributed by atoms with Crippen LogP contribution in [0.1, 0.15) is 44.9 Å². The van der Waals surface area contributed by atoms with E-state index < -0.39 is 0 Å². The first-order valence-electron chi connectivity index (χ1n) is 8.24. The number of hydrogen-bond acceptors (Lipinski definition) is 3. The Morgan fingerprint density at radius 1 is 1.52 bits per heavy atom. The number of nitrogens with one attached hydrogen (secondary N) is 1. The van der Waals surface area contributed by atoms with Crippen LogP contribution in [0, 0.1) is 11.8 Å². The minimum atomic E-state index is 0.327. The van der Waals surface area contributed by atoms with Crippen molar-refractivity contribution < 1.29 is 0 Å². The van der Waals surface area contributed by atoms with Gasteiger partial charge in [0.2, 0.25) is 0 Å². The quantitative estimate of drug-likeness (QED) is 0.820. The van der Waals surface area contributed by atoms with Gasteiger partial charge in [-0.25, -0.2) is 0 Å². The first-order valence-corrected chi connectivity index (χ1v) is 9.91. The van der Waals surface area contributed by atoms with Crippen LogP contribution < -0.4 is 5.32 Å². The summed E-state index contributed by atoms with van der Waals surface area (Å²) in [4.78, 5) is 4.22. The van der Waals surface area contributed by atoms with E-state index in [1.54, 1.807) is 0 Å². The number of rotatable bonds is 5. The fraction of sp³-hybridized carbons (Fsp3) is 0.765. The molecule has 21 heavy (non-hydrogen) atoms. The molecule has 1 aliphatic heterocycles. The largest absolute Gasteiger partial charge is 0.308 e. The van der Waals surface area contributed by atoms with Crippen LogP contribution in [-0.2, 0) is 6.54 Å². The molecular weight excluding hydrogens is 344 g/mol. The Morgan fingerprint density at radius 3 is 2.86 bits per heavy atom. The SMILES string of the molecule is CCC(C)C1CNC(C)(C2CC2)CN1Cc1sccc1Br. The lowest BCUT2D eigenvalue weighted by molar-refractivity contribution is 0.0420. The molecule has 2 aliphatic rings. The Labute approximate surface area is 141 Å². The molecule has 3 atom stereocenters. The second-order valence-corrected chi connectivity index (χ2v) is 8.98. The molecule has 2 nitrogen and oxygen atoms in total. The maximum atomic E-state index is 3.90. The van der Waals surface area contributed by atoms with Crippen molar-refractivity contribution in [2.75, 3.05) is 13.1 Å². The molecule has 0 amide bonds. The predicted octanol–water partition coefficient (Wildman–Crippen LogP) is 4.50. The highest BCUT2D eigenvalue weighted by Gasteiger charge is 2.46. The van der Waals surface area contributed by atoms with Crippen molar-refractivity contribution in [1.29, 1.82) is 0 Å². The minimum absolute atomic E-state index is 0.327. The highest BCUT2D eigenvalue weighted by atomic mass is 79.9. The molecule has 3 rings (SSSR count). The summed E-state index contributed by atoms with van der Waals surface area (Å²) in [6.07, 6.45) is 4.08. The van der Waals surface area contributed by atoms with Gasteiger partial charge >= 0.3 is 0 Å². The number of nitrogens with zero attached hydrogens (tertiary/aromatic N) is 1. The van der Waals surface area contributed by atoms with Gasteiger partial charge in [0, 0.05) is 40.6 Å². The van der Waals surface area contributed by atoms with Gasteiger partial charge in [0.1, 0.15) is 0 Å². The highest BCUT2D eigenvalue weighted by Crippen LogP contribution is 2.42. The third-order valence-corrected chi connectivity index (χ3v) is 7.44. The van der Waals surface area contributed by atoms with Gasteiger partial charge in [-0.3, -0.25) is 4.90 Å². The van der Waals surface area contributed by atoms with E-state index >= 15 is 0 Å². The first-order chi connectivity index (χ1) is 10.0. The first kappa shape index (κ1) is 16.0. The summed E-state index contributed by atoms with van der Waals surface area (Å²) in [5.41, 5.74) is 0.327. The molecule has 118 valence electrons. The zero-order chi connectivity index (χ0) is 15.0. The van der Waals surface area contributed by atoms with Gasteiger partial charge in [-0.2, -0.15) is 0 Å². The van der Waals surface area contributed by atoms with Crippen LogP contribution in [-0.4, -0.2) is 29.6 Å². The molecule has 1 aromatic rings. The predicted molar refractivity (Wildman–Crippen MR) is 94.8 cm³/mol. The number of piperazine rings is 1. The van der Waals surface area contributed by atoms with Crippen LogP contribution >= 0.6 is 27.3 Å². The summed E-state index contributed by atoms with van der Waals surface area (Å²) in [5.74, 6) is 1.64. The average molecular weight is 371 g/mol. The van der Waals surface area contributed by atoms with E-state index in [1.165, 1.54) is 35.2 Å². The van der Waals surface area contributed by atoms with Crippen LogP contribution in [0.2, 0.25) is 0 Å². The molecule has 4 heteroatoms. The number of halogens is 1. The molecule has 1 saturated heterocycles. The lowest BCUT2D eigenvalue weighted by Crippen LogP contribution is -2.64. The van der Waals surface area contributed by atoms with Crippen LogP contribution in [0.25, 0.3) is 0 Å². The zero-order valence-corrected chi connectivity index (χ0v) is 15.8. The Balaban J connectivity index is 1.77. The van der Waals surface area contributed by atoms with Crippen molar-refractivity contribution in [1.82, 2.24) is 10.2 Å². The molecule has 2 heterocycles. The van der Waals surface area contributed by atoms with Crippen molar-refractivity contribution in [3.8, 4) is 0 Å². The third kappa shape index (κ3) is 3.39. The van der Waals surface area contributed by atoms with E-state index in [-0.39, 0.29) is 0 Å². The minimum Gasteiger partial charge on any atom is -0.308 e. The fourth-order valence-electron chi connectivity index (χ4n) is 3.68. The summed E-state index contributed by atoms with van der Waals surface area (Å²) in [5, 5.41) is 6.09. The second-order valence-electron chi connectivity index (χ2n) is 7.12. The maximum absolute atomic E-state index is 3.90. The van der Waals surface area contributed by atoms with Crippen molar-refractivity contribution in [3.05, 3.63) is 20.8 Å². The molecule has 0 spiro atoms. The summed E-state index contributed by atoms with van der Waals surface area (Å²) in [6, 6.07) is 2.84. The standard InChI is InChI=1S/C17H27BrN2S/c1-4-12(2)15-9-19-17(3,13-5-6-13)11-20(15)10-16-14(18)7-8-21-16/h7-8,12-13,15,19H,4-6,9-11H2,1-3H3. The van der Waals surface area contributed by atoms with Gasteiger partial charge in [0.15, 0.2) is 0 Å². The fourth-order valence-corrected chi connectivity index (χ4v) is 5.19. The topological polar surface area (TPSA) is 15.3 Å². The average Bonchev–Trinajstić information content (AvgIpc) is 3.25. The normalized spacial score (nSPS) is 32.3. The van der Waals surface area contributed by atoms with Crippen LogP contribution in [0.3, 0.4) is 0 Å². The Bertz CT molecular complexity index is 485. The summed E-state index contributed by atoms with van der Waals surface area (Å²) >= 11 is 5.58. The molecule has 0 aromatic carbocycles. The molecule has 2 fully saturated rings. The van der Waals surface area contributed by atoms with Crippen molar-refractivity contribution in [2.45, 2.75) is 58.2 Å². The van der Waals surface area contributed by atoms with Gasteiger partial charge in [0.25, 0.3) is 0 Å². The Morgan fingerprint density at radius 2 is 2.29 bits per heavy atom. The van der Waals surface area contributed by atoms with Crippen LogP contribution in [0.5, 0.6) is 0 Å². The van der Waals surface area contributed by atoms with Gasteiger partial charge in [-0.15, -0.1) is 11.3 Å². The maximum Gasteiger partial charge on any atom is 0.0343 e. The highest BCUT2D eigenvalue weighted by molar-refractivity contribution is 9.10. The Hall–Kier alpha value is 0.100. The molecule has 0 radical (unpaired) electrons. The zero-order valence-electron chi connectivity index (χ0n) is 13.4. The Kier molecular flexibility index (Phi) is 4.80. The van der Waals surface area contributed by atoms with E-state index in [0.29, 0.717) is 11.6 Å². The van der Waals surface area contributed by atoms with E-state index in [1.807, 2.05) is 11.3 Å². The van der Waals surface area contributed by atoms with E-state index in [0.717, 1.165) is 24.9 Å². The van der Waals surface area contributed by atoms with E-state index in [4.69, 9.17) is 0 Å². The van der Waals surface area contributed by atoms with Crippen molar-refractivity contribution >= 4 is 27.3 Å². The van der Waals surface area contributed by atoms with E-state index in [9.17, 15) is 0 Å². The lowest BCUT2D eigenvalue weighted by Gasteiger charge is -2.48. The summed E-state index contributed by atoms with van der Waals surface area (Å²) in [7, 11) is 0.